The summed E-state index contributed by atoms with van der Waals surface area (Å²) in [6.07, 6.45) is 2.21. The van der Waals surface area contributed by atoms with Crippen LogP contribution in [0.4, 0.5) is 5.69 Å². The van der Waals surface area contributed by atoms with E-state index in [-0.39, 0.29) is 5.91 Å². The van der Waals surface area contributed by atoms with E-state index >= 15 is 0 Å². The predicted molar refractivity (Wildman–Crippen MR) is 63.6 cm³/mol. The molecule has 5 heteroatoms. The van der Waals surface area contributed by atoms with E-state index < -0.39 is 0 Å². The maximum absolute atomic E-state index is 11.7. The van der Waals surface area contributed by atoms with Gasteiger partial charge in [-0.15, -0.1) is 0 Å². The summed E-state index contributed by atoms with van der Waals surface area (Å²) in [7, 11) is 0. The Balaban J connectivity index is 1.96. The molecule has 2 rings (SSSR count). The Morgan fingerprint density at radius 1 is 1.69 bits per heavy atom. The first-order valence-electron chi connectivity index (χ1n) is 5.28. The largest absolute Gasteiger partial charge is 0.323 e. The second-order valence-corrected chi connectivity index (χ2v) is 4.49. The summed E-state index contributed by atoms with van der Waals surface area (Å²) in [6.45, 7) is 3.76. The van der Waals surface area contributed by atoms with E-state index in [1.54, 1.807) is 6.20 Å². The number of nitrogens with one attached hydrogen (secondary N) is 2. The van der Waals surface area contributed by atoms with Crippen molar-refractivity contribution in [2.24, 2.45) is 5.92 Å². The van der Waals surface area contributed by atoms with E-state index in [2.05, 4.69) is 15.6 Å². The molecule has 1 fully saturated rings. The van der Waals surface area contributed by atoms with Gasteiger partial charge in [-0.05, 0) is 37.6 Å². The highest BCUT2D eigenvalue weighted by molar-refractivity contribution is 6.32. The van der Waals surface area contributed by atoms with E-state index in [9.17, 15) is 4.79 Å². The third-order valence-electron chi connectivity index (χ3n) is 2.59. The molecule has 1 saturated heterocycles. The number of pyridine rings is 1. The van der Waals surface area contributed by atoms with Crippen LogP contribution in [0.15, 0.2) is 12.3 Å². The van der Waals surface area contributed by atoms with Crippen LogP contribution in [-0.4, -0.2) is 24.0 Å². The van der Waals surface area contributed by atoms with E-state index in [1.165, 1.54) is 0 Å². The molecule has 0 spiro atoms. The van der Waals surface area contributed by atoms with Gasteiger partial charge in [-0.25, -0.2) is 4.98 Å². The van der Waals surface area contributed by atoms with Crippen LogP contribution in [0.25, 0.3) is 0 Å². The summed E-state index contributed by atoms with van der Waals surface area (Å²) in [5.41, 5.74) is 1.57. The van der Waals surface area contributed by atoms with Gasteiger partial charge in [-0.3, -0.25) is 4.79 Å². The molecule has 2 heterocycles. The summed E-state index contributed by atoms with van der Waals surface area (Å²) in [5, 5.41) is 6.26. The van der Waals surface area contributed by atoms with Gasteiger partial charge in [0.05, 0.1) is 5.69 Å². The number of amides is 1. The number of aryl methyl sites for hydroxylation is 1. The van der Waals surface area contributed by atoms with Gasteiger partial charge in [-0.1, -0.05) is 11.6 Å². The molecule has 0 bridgehead atoms. The first kappa shape index (κ1) is 11.4. The summed E-state index contributed by atoms with van der Waals surface area (Å²) in [6, 6.07) is 1.83. The van der Waals surface area contributed by atoms with Crippen molar-refractivity contribution in [1.29, 1.82) is 0 Å². The molecule has 1 aromatic heterocycles. The third-order valence-corrected chi connectivity index (χ3v) is 2.89. The molecule has 0 unspecified atom stereocenters. The number of nitrogens with zero attached hydrogens (tertiary/aromatic N) is 1. The summed E-state index contributed by atoms with van der Waals surface area (Å²) >= 11 is 5.89. The number of hydrogen-bond acceptors (Lipinski definition) is 3. The highest BCUT2D eigenvalue weighted by atomic mass is 35.5. The zero-order chi connectivity index (χ0) is 11.5. The maximum atomic E-state index is 11.7. The summed E-state index contributed by atoms with van der Waals surface area (Å²) < 4.78 is 0. The highest BCUT2D eigenvalue weighted by Gasteiger charge is 2.20. The SMILES string of the molecule is Cc1cnc(Cl)c(NC(=O)CC2CNC2)c1. The van der Waals surface area contributed by atoms with Crippen molar-refractivity contribution in [2.45, 2.75) is 13.3 Å². The summed E-state index contributed by atoms with van der Waals surface area (Å²) in [4.78, 5) is 15.6. The van der Waals surface area contributed by atoms with E-state index in [0.717, 1.165) is 18.7 Å². The number of carbonyl (C=O) groups is 1. The van der Waals surface area contributed by atoms with Crippen molar-refractivity contribution in [3.05, 3.63) is 23.0 Å². The lowest BCUT2D eigenvalue weighted by Gasteiger charge is -2.26. The quantitative estimate of drug-likeness (QED) is 0.788. The Labute approximate surface area is 99.4 Å². The monoisotopic (exact) mass is 239 g/mol. The Bertz CT molecular complexity index is 404. The molecular formula is C11H14ClN3O. The average Bonchev–Trinajstić information content (AvgIpc) is 2.18. The van der Waals surface area contributed by atoms with Crippen LogP contribution in [0.1, 0.15) is 12.0 Å². The normalized spacial score (nSPS) is 15.6. The first-order chi connectivity index (χ1) is 7.65. The average molecular weight is 240 g/mol. The molecule has 0 aliphatic carbocycles. The van der Waals surface area contributed by atoms with Gasteiger partial charge in [0.2, 0.25) is 5.91 Å². The van der Waals surface area contributed by atoms with Crippen LogP contribution in [0.3, 0.4) is 0 Å². The lowest BCUT2D eigenvalue weighted by molar-refractivity contribution is -0.117. The molecule has 0 saturated carbocycles. The zero-order valence-electron chi connectivity index (χ0n) is 9.09. The molecule has 1 aromatic rings. The van der Waals surface area contributed by atoms with Gasteiger partial charge in [0.25, 0.3) is 0 Å². The van der Waals surface area contributed by atoms with Crippen molar-refractivity contribution in [2.75, 3.05) is 18.4 Å². The van der Waals surface area contributed by atoms with Gasteiger partial charge >= 0.3 is 0 Å². The summed E-state index contributed by atoms with van der Waals surface area (Å²) in [5.74, 6) is 0.456. The fourth-order valence-corrected chi connectivity index (χ4v) is 1.75. The van der Waals surface area contributed by atoms with Gasteiger partial charge < -0.3 is 10.6 Å². The smallest absolute Gasteiger partial charge is 0.224 e. The standard InChI is InChI=1S/C11H14ClN3O/c1-7-2-9(11(12)14-4-7)15-10(16)3-8-5-13-6-8/h2,4,8,13H,3,5-6H2,1H3,(H,15,16). The predicted octanol–water partition coefficient (Wildman–Crippen LogP) is 1.59. The highest BCUT2D eigenvalue weighted by Crippen LogP contribution is 2.20. The molecule has 86 valence electrons. The fourth-order valence-electron chi connectivity index (χ4n) is 1.60. The van der Waals surface area contributed by atoms with Crippen LogP contribution in [0, 0.1) is 12.8 Å². The van der Waals surface area contributed by atoms with Crippen molar-refractivity contribution < 1.29 is 4.79 Å². The van der Waals surface area contributed by atoms with Crippen LogP contribution >= 0.6 is 11.6 Å². The Morgan fingerprint density at radius 2 is 2.44 bits per heavy atom. The number of aromatic nitrogens is 1. The molecule has 0 aromatic carbocycles. The van der Waals surface area contributed by atoms with E-state index in [4.69, 9.17) is 11.6 Å². The Hall–Kier alpha value is -1.13. The minimum Gasteiger partial charge on any atom is -0.323 e. The first-order valence-corrected chi connectivity index (χ1v) is 5.65. The van der Waals surface area contributed by atoms with Crippen molar-refractivity contribution in [1.82, 2.24) is 10.3 Å². The fraction of sp³-hybridized carbons (Fsp3) is 0.455. The number of hydrogen-bond donors (Lipinski definition) is 2. The molecule has 16 heavy (non-hydrogen) atoms. The minimum atomic E-state index is 0.000741. The van der Waals surface area contributed by atoms with Crippen LogP contribution in [-0.2, 0) is 4.79 Å². The third kappa shape index (κ3) is 2.71. The molecule has 0 radical (unpaired) electrons. The van der Waals surface area contributed by atoms with Crippen molar-refractivity contribution in [3.63, 3.8) is 0 Å². The lowest BCUT2D eigenvalue weighted by Crippen LogP contribution is -2.43. The maximum Gasteiger partial charge on any atom is 0.224 e. The number of anilines is 1. The van der Waals surface area contributed by atoms with Crippen molar-refractivity contribution in [3.8, 4) is 0 Å². The van der Waals surface area contributed by atoms with Gasteiger partial charge in [0, 0.05) is 12.6 Å². The van der Waals surface area contributed by atoms with E-state index in [0.29, 0.717) is 23.2 Å². The van der Waals surface area contributed by atoms with Crippen molar-refractivity contribution >= 4 is 23.2 Å². The van der Waals surface area contributed by atoms with Gasteiger partial charge in [-0.2, -0.15) is 0 Å². The molecule has 2 N–H and O–H groups in total. The van der Waals surface area contributed by atoms with Crippen LogP contribution in [0.5, 0.6) is 0 Å². The molecule has 4 nitrogen and oxygen atoms in total. The van der Waals surface area contributed by atoms with Gasteiger partial charge in [0.1, 0.15) is 0 Å². The number of halogens is 1. The number of carbonyl (C=O) groups excluding carboxylic acids is 1. The Kier molecular flexibility index (Phi) is 3.41. The zero-order valence-corrected chi connectivity index (χ0v) is 9.84. The van der Waals surface area contributed by atoms with Crippen LogP contribution in [0.2, 0.25) is 5.15 Å². The molecular weight excluding hydrogens is 226 g/mol. The topological polar surface area (TPSA) is 54.0 Å². The van der Waals surface area contributed by atoms with E-state index in [1.807, 2.05) is 13.0 Å². The second kappa shape index (κ2) is 4.80. The molecule has 0 atom stereocenters. The molecule has 1 aliphatic rings. The molecule has 1 amide bonds. The Morgan fingerprint density at radius 3 is 3.06 bits per heavy atom. The van der Waals surface area contributed by atoms with Crippen LogP contribution < -0.4 is 10.6 Å². The number of rotatable bonds is 3. The van der Waals surface area contributed by atoms with Gasteiger partial charge in [0.15, 0.2) is 5.15 Å². The molecule has 1 aliphatic heterocycles. The minimum absolute atomic E-state index is 0.000741. The second-order valence-electron chi connectivity index (χ2n) is 4.13. The lowest BCUT2D eigenvalue weighted by atomic mass is 9.99.